The first kappa shape index (κ1) is 16.7. The Hall–Kier alpha value is -1.33. The van der Waals surface area contributed by atoms with Crippen molar-refractivity contribution in [2.45, 2.75) is 38.8 Å². The smallest absolute Gasteiger partial charge is 0.407 e. The van der Waals surface area contributed by atoms with Gasteiger partial charge in [-0.25, -0.2) is 9.18 Å². The summed E-state index contributed by atoms with van der Waals surface area (Å²) in [6.07, 6.45) is -0.233. The second-order valence-corrected chi connectivity index (χ2v) is 6.02. The molecule has 1 atom stereocenters. The molecule has 0 saturated heterocycles. The van der Waals surface area contributed by atoms with E-state index in [0.29, 0.717) is 17.0 Å². The molecule has 0 aliphatic rings. The number of halogens is 2. The number of nitrogens with two attached hydrogens (primary N) is 1. The minimum absolute atomic E-state index is 0.205. The van der Waals surface area contributed by atoms with Gasteiger partial charge in [0.15, 0.2) is 0 Å². The first-order chi connectivity index (χ1) is 9.17. The fourth-order valence-electron chi connectivity index (χ4n) is 1.57. The van der Waals surface area contributed by atoms with Crippen LogP contribution in [0.25, 0.3) is 0 Å². The molecule has 0 spiro atoms. The summed E-state index contributed by atoms with van der Waals surface area (Å²) in [6, 6.07) is 4.03. The van der Waals surface area contributed by atoms with Crippen LogP contribution in [0.3, 0.4) is 0 Å². The molecule has 3 N–H and O–H groups in total. The number of amides is 1. The van der Waals surface area contributed by atoms with Gasteiger partial charge in [0, 0.05) is 17.6 Å². The summed E-state index contributed by atoms with van der Waals surface area (Å²) in [6.45, 7) is 5.53. The number of benzene rings is 1. The number of hydrogen-bond acceptors (Lipinski definition) is 3. The quantitative estimate of drug-likeness (QED) is 0.899. The van der Waals surface area contributed by atoms with Crippen LogP contribution < -0.4 is 11.1 Å². The molecule has 6 heteroatoms. The van der Waals surface area contributed by atoms with Crippen molar-refractivity contribution in [3.8, 4) is 0 Å². The third kappa shape index (κ3) is 6.21. The van der Waals surface area contributed by atoms with E-state index in [9.17, 15) is 9.18 Å². The van der Waals surface area contributed by atoms with Crippen LogP contribution in [0.4, 0.5) is 9.18 Å². The van der Waals surface area contributed by atoms with Gasteiger partial charge in [-0.2, -0.15) is 0 Å². The Bertz CT molecular complexity index is 475. The predicted octanol–water partition coefficient (Wildman–Crippen LogP) is 2.87. The average Bonchev–Trinajstić information content (AvgIpc) is 2.28. The van der Waals surface area contributed by atoms with E-state index >= 15 is 0 Å². The summed E-state index contributed by atoms with van der Waals surface area (Å²) in [5.41, 5.74) is 5.76. The summed E-state index contributed by atoms with van der Waals surface area (Å²) in [5.74, 6) is -0.398. The lowest BCUT2D eigenvalue weighted by Crippen LogP contribution is -2.41. The molecular formula is C14H20ClFN2O2. The van der Waals surface area contributed by atoms with E-state index in [-0.39, 0.29) is 6.54 Å². The molecule has 0 heterocycles. The number of ether oxygens (including phenoxy) is 1. The maximum Gasteiger partial charge on any atom is 0.407 e. The fraction of sp³-hybridized carbons (Fsp3) is 0.500. The number of nitrogens with one attached hydrogen (secondary N) is 1. The van der Waals surface area contributed by atoms with E-state index in [0.717, 1.165) is 0 Å². The lowest BCUT2D eigenvalue weighted by atomic mass is 10.1. The third-order valence-electron chi connectivity index (χ3n) is 2.40. The van der Waals surface area contributed by atoms with Crippen LogP contribution in [0.15, 0.2) is 18.2 Å². The number of hydrogen-bond donors (Lipinski definition) is 2. The minimum Gasteiger partial charge on any atom is -0.444 e. The summed E-state index contributed by atoms with van der Waals surface area (Å²) in [5, 5.41) is 2.89. The van der Waals surface area contributed by atoms with Crippen LogP contribution in [0.5, 0.6) is 0 Å². The molecule has 0 aliphatic heterocycles. The molecule has 0 aliphatic carbocycles. The van der Waals surface area contributed by atoms with Gasteiger partial charge in [-0.1, -0.05) is 17.7 Å². The van der Waals surface area contributed by atoms with Crippen molar-refractivity contribution >= 4 is 17.7 Å². The SMILES string of the molecule is CC(C)(C)OC(=O)NCC(N)Cc1ccc(Cl)cc1F. The van der Waals surface area contributed by atoms with Crippen LogP contribution in [0, 0.1) is 5.82 Å². The molecule has 112 valence electrons. The molecule has 1 unspecified atom stereocenters. The van der Waals surface area contributed by atoms with Gasteiger partial charge in [0.2, 0.25) is 0 Å². The molecule has 0 fully saturated rings. The van der Waals surface area contributed by atoms with E-state index in [1.54, 1.807) is 32.9 Å². The standard InChI is InChI=1S/C14H20ClFN2O2/c1-14(2,3)20-13(19)18-8-11(17)6-9-4-5-10(15)7-12(9)16/h4-5,7,11H,6,8,17H2,1-3H3,(H,18,19). The Kier molecular flexibility index (Phi) is 5.77. The number of carbonyl (C=O) groups is 1. The summed E-state index contributed by atoms with van der Waals surface area (Å²) >= 11 is 5.67. The number of rotatable bonds is 4. The molecular weight excluding hydrogens is 283 g/mol. The van der Waals surface area contributed by atoms with Gasteiger partial charge in [0.05, 0.1) is 0 Å². The van der Waals surface area contributed by atoms with Gasteiger partial charge in [-0.05, 0) is 44.9 Å². The molecule has 1 aromatic carbocycles. The normalized spacial score (nSPS) is 12.9. The molecule has 20 heavy (non-hydrogen) atoms. The third-order valence-corrected chi connectivity index (χ3v) is 2.64. The monoisotopic (exact) mass is 302 g/mol. The van der Waals surface area contributed by atoms with E-state index in [1.807, 2.05) is 0 Å². The second kappa shape index (κ2) is 6.90. The van der Waals surface area contributed by atoms with Gasteiger partial charge in [0.1, 0.15) is 11.4 Å². The van der Waals surface area contributed by atoms with Crippen LogP contribution in [0.2, 0.25) is 5.02 Å². The molecule has 1 rings (SSSR count). The van der Waals surface area contributed by atoms with Gasteiger partial charge in [-0.3, -0.25) is 0 Å². The second-order valence-electron chi connectivity index (χ2n) is 5.58. The fourth-order valence-corrected chi connectivity index (χ4v) is 1.73. The predicted molar refractivity (Wildman–Crippen MR) is 77.3 cm³/mol. The summed E-state index contributed by atoms with van der Waals surface area (Å²) in [4.78, 5) is 11.4. The van der Waals surface area contributed by atoms with Crippen LogP contribution >= 0.6 is 11.6 Å². The lowest BCUT2D eigenvalue weighted by molar-refractivity contribution is 0.0524. The van der Waals surface area contributed by atoms with Crippen molar-refractivity contribution in [3.05, 3.63) is 34.6 Å². The van der Waals surface area contributed by atoms with E-state index < -0.39 is 23.6 Å². The van der Waals surface area contributed by atoms with Crippen molar-refractivity contribution in [1.82, 2.24) is 5.32 Å². The van der Waals surface area contributed by atoms with Crippen molar-refractivity contribution < 1.29 is 13.9 Å². The largest absolute Gasteiger partial charge is 0.444 e. The highest BCUT2D eigenvalue weighted by atomic mass is 35.5. The zero-order valence-electron chi connectivity index (χ0n) is 11.9. The highest BCUT2D eigenvalue weighted by molar-refractivity contribution is 6.30. The first-order valence-electron chi connectivity index (χ1n) is 6.34. The van der Waals surface area contributed by atoms with Gasteiger partial charge in [-0.15, -0.1) is 0 Å². The van der Waals surface area contributed by atoms with Crippen LogP contribution in [-0.4, -0.2) is 24.3 Å². The number of carbonyl (C=O) groups excluding carboxylic acids is 1. The van der Waals surface area contributed by atoms with Crippen molar-refractivity contribution in [2.24, 2.45) is 5.73 Å². The van der Waals surface area contributed by atoms with Gasteiger partial charge in [0.25, 0.3) is 0 Å². The van der Waals surface area contributed by atoms with E-state index in [2.05, 4.69) is 5.32 Å². The van der Waals surface area contributed by atoms with E-state index in [4.69, 9.17) is 22.1 Å². The highest BCUT2D eigenvalue weighted by Crippen LogP contribution is 2.15. The lowest BCUT2D eigenvalue weighted by Gasteiger charge is -2.20. The number of alkyl carbamates (subject to hydrolysis) is 1. The molecule has 0 bridgehead atoms. The van der Waals surface area contributed by atoms with Crippen LogP contribution in [-0.2, 0) is 11.2 Å². The molecule has 0 saturated carbocycles. The average molecular weight is 303 g/mol. The van der Waals surface area contributed by atoms with Gasteiger partial charge < -0.3 is 15.8 Å². The highest BCUT2D eigenvalue weighted by Gasteiger charge is 2.17. The Labute approximate surface area is 123 Å². The molecule has 1 aromatic rings. The van der Waals surface area contributed by atoms with Gasteiger partial charge >= 0.3 is 6.09 Å². The summed E-state index contributed by atoms with van der Waals surface area (Å²) in [7, 11) is 0. The zero-order valence-corrected chi connectivity index (χ0v) is 12.6. The zero-order chi connectivity index (χ0) is 15.3. The first-order valence-corrected chi connectivity index (χ1v) is 6.71. The molecule has 1 amide bonds. The maximum atomic E-state index is 13.6. The summed E-state index contributed by atoms with van der Waals surface area (Å²) < 4.78 is 18.7. The Morgan fingerprint density at radius 1 is 1.50 bits per heavy atom. The molecule has 0 radical (unpaired) electrons. The molecule has 4 nitrogen and oxygen atoms in total. The Morgan fingerprint density at radius 3 is 2.70 bits per heavy atom. The van der Waals surface area contributed by atoms with E-state index in [1.165, 1.54) is 6.07 Å². The minimum atomic E-state index is -0.559. The van der Waals surface area contributed by atoms with Crippen molar-refractivity contribution in [3.63, 3.8) is 0 Å². The Morgan fingerprint density at radius 2 is 2.15 bits per heavy atom. The molecule has 0 aromatic heterocycles. The Balaban J connectivity index is 2.44. The maximum absolute atomic E-state index is 13.6. The topological polar surface area (TPSA) is 64.3 Å². The van der Waals surface area contributed by atoms with Crippen LogP contribution in [0.1, 0.15) is 26.3 Å². The van der Waals surface area contributed by atoms with Crippen molar-refractivity contribution in [1.29, 1.82) is 0 Å². The van der Waals surface area contributed by atoms with Crippen molar-refractivity contribution in [2.75, 3.05) is 6.54 Å².